The van der Waals surface area contributed by atoms with E-state index in [0.717, 1.165) is 12.1 Å². The van der Waals surface area contributed by atoms with Crippen molar-refractivity contribution in [3.63, 3.8) is 0 Å². The van der Waals surface area contributed by atoms with Crippen molar-refractivity contribution in [2.24, 2.45) is 0 Å². The molecule has 0 amide bonds. The predicted molar refractivity (Wildman–Crippen MR) is 48.3 cm³/mol. The Hall–Kier alpha value is -0.570. The first kappa shape index (κ1) is 9.52. The summed E-state index contributed by atoms with van der Waals surface area (Å²) in [6.45, 7) is 1.85. The fourth-order valence-electron chi connectivity index (χ4n) is 0.953. The van der Waals surface area contributed by atoms with Crippen LogP contribution in [0.3, 0.4) is 0 Å². The molecule has 0 aliphatic rings. The highest BCUT2D eigenvalue weighted by molar-refractivity contribution is 7.98. The maximum Gasteiger partial charge on any atom is 0.127 e. The number of hydrogen-bond donors (Lipinski definition) is 0. The molecule has 0 aliphatic carbocycles. The van der Waals surface area contributed by atoms with E-state index in [4.69, 9.17) is 0 Å². The second-order valence-corrected chi connectivity index (χ2v) is 3.72. The fourth-order valence-corrected chi connectivity index (χ4v) is 1.39. The van der Waals surface area contributed by atoms with Gasteiger partial charge in [0.1, 0.15) is 11.6 Å². The summed E-state index contributed by atoms with van der Waals surface area (Å²) < 4.78 is 25.7. The third kappa shape index (κ3) is 1.97. The monoisotopic (exact) mass is 188 g/mol. The van der Waals surface area contributed by atoms with Gasteiger partial charge < -0.3 is 0 Å². The summed E-state index contributed by atoms with van der Waals surface area (Å²) in [7, 11) is 0. The first-order valence-corrected chi connectivity index (χ1v) is 4.91. The highest BCUT2D eigenvalue weighted by atomic mass is 32.2. The number of hydrogen-bond acceptors (Lipinski definition) is 1. The fraction of sp³-hybridized carbons (Fsp3) is 0.333. The van der Waals surface area contributed by atoms with E-state index in [1.807, 2.05) is 13.2 Å². The molecule has 1 aromatic carbocycles. The van der Waals surface area contributed by atoms with Crippen LogP contribution < -0.4 is 0 Å². The molecule has 0 saturated carbocycles. The zero-order chi connectivity index (χ0) is 9.14. The van der Waals surface area contributed by atoms with Crippen LogP contribution >= 0.6 is 11.8 Å². The molecule has 1 rings (SSSR count). The van der Waals surface area contributed by atoms with Crippen LogP contribution in [0, 0.1) is 11.6 Å². The SMILES string of the molecule is CSC(C)c1cc(F)ccc1F. The average molecular weight is 188 g/mol. The molecule has 12 heavy (non-hydrogen) atoms. The second-order valence-electron chi connectivity index (χ2n) is 2.54. The van der Waals surface area contributed by atoms with Gasteiger partial charge in [-0.05, 0) is 31.4 Å². The maximum atomic E-state index is 13.0. The Bertz CT molecular complexity index is 273. The highest BCUT2D eigenvalue weighted by Gasteiger charge is 2.09. The summed E-state index contributed by atoms with van der Waals surface area (Å²) >= 11 is 1.49. The van der Waals surface area contributed by atoms with Crippen molar-refractivity contribution in [3.8, 4) is 0 Å². The van der Waals surface area contributed by atoms with Crippen molar-refractivity contribution in [2.45, 2.75) is 12.2 Å². The number of thioether (sulfide) groups is 1. The van der Waals surface area contributed by atoms with E-state index in [9.17, 15) is 8.78 Å². The molecule has 3 heteroatoms. The summed E-state index contributed by atoms with van der Waals surface area (Å²) in [5.74, 6) is -0.717. The largest absolute Gasteiger partial charge is 0.207 e. The standard InChI is InChI=1S/C9H10F2S/c1-6(12-2)8-5-7(10)3-4-9(8)11/h3-6H,1-2H3. The van der Waals surface area contributed by atoms with E-state index in [0.29, 0.717) is 5.56 Å². The van der Waals surface area contributed by atoms with Gasteiger partial charge in [0.05, 0.1) is 0 Å². The molecule has 0 N–H and O–H groups in total. The third-order valence-corrected chi connectivity index (χ3v) is 2.71. The Balaban J connectivity index is 3.04. The van der Waals surface area contributed by atoms with Crippen molar-refractivity contribution in [3.05, 3.63) is 35.4 Å². The molecule has 1 unspecified atom stereocenters. The van der Waals surface area contributed by atoms with Crippen LogP contribution in [0.1, 0.15) is 17.7 Å². The topological polar surface area (TPSA) is 0 Å². The van der Waals surface area contributed by atoms with Gasteiger partial charge >= 0.3 is 0 Å². The number of benzene rings is 1. The minimum absolute atomic E-state index is 0.000648. The zero-order valence-electron chi connectivity index (χ0n) is 6.97. The minimum Gasteiger partial charge on any atom is -0.207 e. The Morgan fingerprint density at radius 1 is 1.33 bits per heavy atom. The van der Waals surface area contributed by atoms with Gasteiger partial charge in [-0.15, -0.1) is 0 Å². The molecular weight excluding hydrogens is 178 g/mol. The van der Waals surface area contributed by atoms with Gasteiger partial charge in [-0.1, -0.05) is 0 Å². The number of halogens is 2. The quantitative estimate of drug-likeness (QED) is 0.685. The van der Waals surface area contributed by atoms with Crippen LogP contribution in [0.5, 0.6) is 0 Å². The molecule has 0 heterocycles. The third-order valence-electron chi connectivity index (χ3n) is 1.75. The Labute approximate surface area is 75.0 Å². The average Bonchev–Trinajstić information content (AvgIpc) is 2.08. The molecule has 0 aliphatic heterocycles. The van der Waals surface area contributed by atoms with Gasteiger partial charge in [0, 0.05) is 10.8 Å². The summed E-state index contributed by atoms with van der Waals surface area (Å²) in [4.78, 5) is 0. The predicted octanol–water partition coefficient (Wildman–Crippen LogP) is 3.39. The van der Waals surface area contributed by atoms with Crippen LogP contribution in [-0.4, -0.2) is 6.26 Å². The zero-order valence-corrected chi connectivity index (χ0v) is 7.79. The Morgan fingerprint density at radius 3 is 2.58 bits per heavy atom. The van der Waals surface area contributed by atoms with E-state index < -0.39 is 0 Å². The summed E-state index contributed by atoms with van der Waals surface area (Å²) in [6.07, 6.45) is 1.87. The molecule has 66 valence electrons. The summed E-state index contributed by atoms with van der Waals surface area (Å²) in [5, 5.41) is 0.000648. The first-order valence-electron chi connectivity index (χ1n) is 3.63. The molecule has 1 aromatic rings. The smallest absolute Gasteiger partial charge is 0.127 e. The normalized spacial score (nSPS) is 13.0. The van der Waals surface area contributed by atoms with Gasteiger partial charge in [0.2, 0.25) is 0 Å². The molecule has 0 saturated heterocycles. The maximum absolute atomic E-state index is 13.0. The van der Waals surface area contributed by atoms with Crippen molar-refractivity contribution in [1.82, 2.24) is 0 Å². The van der Waals surface area contributed by atoms with Crippen molar-refractivity contribution < 1.29 is 8.78 Å². The molecular formula is C9H10F2S. The highest BCUT2D eigenvalue weighted by Crippen LogP contribution is 2.28. The molecule has 0 aromatic heterocycles. The molecule has 0 spiro atoms. The minimum atomic E-state index is -0.382. The van der Waals surface area contributed by atoms with Gasteiger partial charge in [-0.2, -0.15) is 11.8 Å². The molecule has 0 fully saturated rings. The number of rotatable bonds is 2. The van der Waals surface area contributed by atoms with E-state index in [1.54, 1.807) is 0 Å². The van der Waals surface area contributed by atoms with Gasteiger partial charge in [-0.25, -0.2) is 8.78 Å². The van der Waals surface area contributed by atoms with E-state index in [2.05, 4.69) is 0 Å². The Morgan fingerprint density at radius 2 is 2.00 bits per heavy atom. The molecule has 0 bridgehead atoms. The lowest BCUT2D eigenvalue weighted by molar-refractivity contribution is 0.586. The summed E-state index contributed by atoms with van der Waals surface area (Å²) in [5.41, 5.74) is 0.433. The molecule has 0 radical (unpaired) electrons. The van der Waals surface area contributed by atoms with Crippen molar-refractivity contribution in [2.75, 3.05) is 6.26 Å². The van der Waals surface area contributed by atoms with Gasteiger partial charge in [0.25, 0.3) is 0 Å². The van der Waals surface area contributed by atoms with E-state index in [-0.39, 0.29) is 16.9 Å². The molecule has 1 atom stereocenters. The van der Waals surface area contributed by atoms with Crippen LogP contribution in [0.15, 0.2) is 18.2 Å². The van der Waals surface area contributed by atoms with Crippen molar-refractivity contribution in [1.29, 1.82) is 0 Å². The Kier molecular flexibility index (Phi) is 3.09. The van der Waals surface area contributed by atoms with E-state index >= 15 is 0 Å². The van der Waals surface area contributed by atoms with Crippen LogP contribution in [-0.2, 0) is 0 Å². The lowest BCUT2D eigenvalue weighted by Gasteiger charge is -2.09. The second kappa shape index (κ2) is 3.90. The summed E-state index contributed by atoms with van der Waals surface area (Å²) in [6, 6.07) is 3.54. The first-order chi connectivity index (χ1) is 5.65. The van der Waals surface area contributed by atoms with Gasteiger partial charge in [0.15, 0.2) is 0 Å². The lowest BCUT2D eigenvalue weighted by Crippen LogP contribution is -1.93. The van der Waals surface area contributed by atoms with Crippen LogP contribution in [0.2, 0.25) is 0 Å². The van der Waals surface area contributed by atoms with Gasteiger partial charge in [-0.3, -0.25) is 0 Å². The van der Waals surface area contributed by atoms with E-state index in [1.165, 1.54) is 17.8 Å². The van der Waals surface area contributed by atoms with Crippen LogP contribution in [0.4, 0.5) is 8.78 Å². The van der Waals surface area contributed by atoms with Crippen molar-refractivity contribution >= 4 is 11.8 Å². The molecule has 0 nitrogen and oxygen atoms in total. The lowest BCUT2D eigenvalue weighted by atomic mass is 10.1. The van der Waals surface area contributed by atoms with Crippen LogP contribution in [0.25, 0.3) is 0 Å².